The molecule has 0 aromatic carbocycles. The van der Waals surface area contributed by atoms with Gasteiger partial charge in [0.15, 0.2) is 0 Å². The summed E-state index contributed by atoms with van der Waals surface area (Å²) in [7, 11) is 0. The molecule has 0 unspecified atom stereocenters. The highest BCUT2D eigenvalue weighted by atomic mass is 32.2. The van der Waals surface area contributed by atoms with Crippen molar-refractivity contribution < 1.29 is 19.4 Å². The van der Waals surface area contributed by atoms with E-state index in [1.165, 1.54) is 11.8 Å². The summed E-state index contributed by atoms with van der Waals surface area (Å²) in [6, 6.07) is 0. The van der Waals surface area contributed by atoms with Gasteiger partial charge in [0.2, 0.25) is 0 Å². The van der Waals surface area contributed by atoms with Crippen LogP contribution in [0.15, 0.2) is 0 Å². The molecule has 0 amide bonds. The van der Waals surface area contributed by atoms with Crippen molar-refractivity contribution in [2.24, 2.45) is 0 Å². The predicted octanol–water partition coefficient (Wildman–Crippen LogP) is 0.961. The summed E-state index contributed by atoms with van der Waals surface area (Å²) in [6.45, 7) is 1.87. The van der Waals surface area contributed by atoms with Crippen LogP contribution in [-0.2, 0) is 9.53 Å². The second-order valence-corrected chi connectivity index (χ2v) is 2.65. The Kier molecular flexibility index (Phi) is 4.74. The number of thioether (sulfide) groups is 1. The van der Waals surface area contributed by atoms with Crippen LogP contribution in [0.2, 0.25) is 0 Å². The molecular weight excluding hydrogens is 156 g/mol. The fourth-order valence-corrected chi connectivity index (χ4v) is 0.742. The molecule has 0 saturated carbocycles. The normalized spacial score (nSPS) is 8.90. The van der Waals surface area contributed by atoms with Crippen molar-refractivity contribution in [2.75, 3.05) is 11.5 Å². The van der Waals surface area contributed by atoms with E-state index in [1.807, 2.05) is 6.92 Å². The maximum absolute atomic E-state index is 10.4. The van der Waals surface area contributed by atoms with Gasteiger partial charge in [0.25, 0.3) is 0 Å². The first-order valence-electron chi connectivity index (χ1n) is 2.68. The Morgan fingerprint density at radius 1 is 1.60 bits per heavy atom. The third-order valence-electron chi connectivity index (χ3n) is 0.625. The van der Waals surface area contributed by atoms with E-state index in [4.69, 9.17) is 5.11 Å². The number of esters is 1. The highest BCUT2D eigenvalue weighted by Crippen LogP contribution is 1.98. The Balaban J connectivity index is 3.35. The van der Waals surface area contributed by atoms with Crippen molar-refractivity contribution in [3.63, 3.8) is 0 Å². The van der Waals surface area contributed by atoms with Crippen LogP contribution in [-0.4, -0.2) is 28.7 Å². The van der Waals surface area contributed by atoms with Crippen LogP contribution in [0.1, 0.15) is 6.92 Å². The summed E-state index contributed by atoms with van der Waals surface area (Å²) in [4.78, 5) is 20.1. The quantitative estimate of drug-likeness (QED) is 0.497. The van der Waals surface area contributed by atoms with E-state index in [2.05, 4.69) is 4.74 Å². The van der Waals surface area contributed by atoms with Gasteiger partial charge in [0.1, 0.15) is 0 Å². The molecule has 0 saturated heterocycles. The fraction of sp³-hybridized carbons (Fsp3) is 0.600. The zero-order chi connectivity index (χ0) is 7.98. The monoisotopic (exact) mass is 164 g/mol. The lowest BCUT2D eigenvalue weighted by Gasteiger charge is -1.95. The fourth-order valence-electron chi connectivity index (χ4n) is 0.312. The molecule has 0 heterocycles. The van der Waals surface area contributed by atoms with Crippen LogP contribution in [0.3, 0.4) is 0 Å². The van der Waals surface area contributed by atoms with Gasteiger partial charge in [-0.25, -0.2) is 4.79 Å². The lowest BCUT2D eigenvalue weighted by molar-refractivity contribution is -0.135. The molecule has 10 heavy (non-hydrogen) atoms. The SMILES string of the molecule is CCSCC(=O)OC(=O)O. The molecule has 58 valence electrons. The highest BCUT2D eigenvalue weighted by Gasteiger charge is 2.06. The van der Waals surface area contributed by atoms with Crippen molar-refractivity contribution in [1.29, 1.82) is 0 Å². The summed E-state index contributed by atoms with van der Waals surface area (Å²) in [6.07, 6.45) is -1.54. The standard InChI is InChI=1S/C5H8O4S/c1-2-10-3-4(6)9-5(7)8/h2-3H2,1H3,(H,7,8). The maximum Gasteiger partial charge on any atom is 0.513 e. The molecule has 0 aliphatic rings. The summed E-state index contributed by atoms with van der Waals surface area (Å²) in [5.41, 5.74) is 0. The van der Waals surface area contributed by atoms with E-state index in [1.54, 1.807) is 0 Å². The topological polar surface area (TPSA) is 63.6 Å². The number of rotatable bonds is 3. The molecule has 0 rings (SSSR count). The number of ether oxygens (including phenoxy) is 1. The van der Waals surface area contributed by atoms with Crippen LogP contribution in [0.4, 0.5) is 4.79 Å². The molecule has 1 N–H and O–H groups in total. The molecule has 0 radical (unpaired) electrons. The van der Waals surface area contributed by atoms with E-state index in [-0.39, 0.29) is 5.75 Å². The molecular formula is C5H8O4S. The molecule has 0 bridgehead atoms. The minimum absolute atomic E-state index is 0.100. The van der Waals surface area contributed by atoms with Crippen molar-refractivity contribution in [3.05, 3.63) is 0 Å². The van der Waals surface area contributed by atoms with Gasteiger partial charge >= 0.3 is 12.1 Å². The Morgan fingerprint density at radius 2 is 2.20 bits per heavy atom. The van der Waals surface area contributed by atoms with Crippen LogP contribution < -0.4 is 0 Å². The van der Waals surface area contributed by atoms with Crippen molar-refractivity contribution in [2.45, 2.75) is 6.92 Å². The van der Waals surface area contributed by atoms with E-state index >= 15 is 0 Å². The Hall–Kier alpha value is -0.710. The number of carbonyl (C=O) groups excluding carboxylic acids is 1. The third kappa shape index (κ3) is 5.43. The van der Waals surface area contributed by atoms with Crippen LogP contribution in [0.5, 0.6) is 0 Å². The lowest BCUT2D eigenvalue weighted by atomic mass is 10.8. The van der Waals surface area contributed by atoms with Gasteiger partial charge in [-0.05, 0) is 5.75 Å². The number of carbonyl (C=O) groups is 2. The zero-order valence-electron chi connectivity index (χ0n) is 5.49. The second-order valence-electron chi connectivity index (χ2n) is 1.38. The van der Waals surface area contributed by atoms with Gasteiger partial charge in [-0.2, -0.15) is 11.8 Å². The van der Waals surface area contributed by atoms with Gasteiger partial charge < -0.3 is 9.84 Å². The number of carboxylic acid groups (broad SMARTS) is 1. The van der Waals surface area contributed by atoms with Gasteiger partial charge in [-0.1, -0.05) is 6.92 Å². The minimum atomic E-state index is -1.54. The Morgan fingerprint density at radius 3 is 2.60 bits per heavy atom. The molecule has 4 nitrogen and oxygen atoms in total. The van der Waals surface area contributed by atoms with Crippen LogP contribution in [0.25, 0.3) is 0 Å². The first-order valence-corrected chi connectivity index (χ1v) is 3.83. The van der Waals surface area contributed by atoms with Gasteiger partial charge in [-0.15, -0.1) is 0 Å². The summed E-state index contributed by atoms with van der Waals surface area (Å²) in [5, 5.41) is 7.93. The summed E-state index contributed by atoms with van der Waals surface area (Å²) in [5.74, 6) is 0.164. The van der Waals surface area contributed by atoms with Crippen molar-refractivity contribution in [1.82, 2.24) is 0 Å². The summed E-state index contributed by atoms with van der Waals surface area (Å²) < 4.78 is 3.81. The smallest absolute Gasteiger partial charge is 0.449 e. The molecule has 0 aliphatic carbocycles. The van der Waals surface area contributed by atoms with Gasteiger partial charge in [0.05, 0.1) is 5.75 Å². The summed E-state index contributed by atoms with van der Waals surface area (Å²) >= 11 is 1.32. The first kappa shape index (κ1) is 9.29. The predicted molar refractivity (Wildman–Crippen MR) is 37.1 cm³/mol. The molecule has 5 heteroatoms. The van der Waals surface area contributed by atoms with E-state index in [9.17, 15) is 9.59 Å². The van der Waals surface area contributed by atoms with Gasteiger partial charge in [0, 0.05) is 0 Å². The van der Waals surface area contributed by atoms with E-state index < -0.39 is 12.1 Å². The van der Waals surface area contributed by atoms with E-state index in [0.29, 0.717) is 0 Å². The first-order chi connectivity index (χ1) is 4.66. The average Bonchev–Trinajstić information content (AvgIpc) is 1.82. The maximum atomic E-state index is 10.4. The second kappa shape index (κ2) is 5.10. The largest absolute Gasteiger partial charge is 0.513 e. The van der Waals surface area contributed by atoms with Crippen LogP contribution >= 0.6 is 11.8 Å². The molecule has 0 atom stereocenters. The third-order valence-corrected chi connectivity index (χ3v) is 1.47. The van der Waals surface area contributed by atoms with E-state index in [0.717, 1.165) is 5.75 Å². The molecule has 0 spiro atoms. The van der Waals surface area contributed by atoms with Crippen molar-refractivity contribution >= 4 is 23.9 Å². The zero-order valence-corrected chi connectivity index (χ0v) is 6.31. The highest BCUT2D eigenvalue weighted by molar-refractivity contribution is 7.99. The minimum Gasteiger partial charge on any atom is -0.449 e. The molecule has 0 aliphatic heterocycles. The Labute approximate surface area is 62.6 Å². The molecule has 0 aromatic rings. The average molecular weight is 164 g/mol. The molecule has 0 fully saturated rings. The van der Waals surface area contributed by atoms with Gasteiger partial charge in [-0.3, -0.25) is 4.79 Å². The van der Waals surface area contributed by atoms with Crippen molar-refractivity contribution in [3.8, 4) is 0 Å². The number of hydrogen-bond donors (Lipinski definition) is 1. The molecule has 0 aromatic heterocycles. The van der Waals surface area contributed by atoms with Crippen LogP contribution in [0, 0.1) is 0 Å². The number of hydrogen-bond acceptors (Lipinski definition) is 4. The lowest BCUT2D eigenvalue weighted by Crippen LogP contribution is -2.11. The Bertz CT molecular complexity index is 134.